The minimum absolute atomic E-state index is 0.159. The average Bonchev–Trinajstić information content (AvgIpc) is 2.15. The van der Waals surface area contributed by atoms with Crippen LogP contribution in [0.1, 0.15) is 43.7 Å². The molecule has 1 N–H and O–H groups in total. The molecule has 0 heterocycles. The van der Waals surface area contributed by atoms with Crippen molar-refractivity contribution in [3.63, 3.8) is 0 Å². The minimum atomic E-state index is -0.519. The van der Waals surface area contributed by atoms with Gasteiger partial charge in [0.05, 0.1) is 0 Å². The number of hydrogen-bond donors (Lipinski definition) is 1. The molecule has 16 heavy (non-hydrogen) atoms. The first-order valence-corrected chi connectivity index (χ1v) is 5.69. The molecule has 2 nitrogen and oxygen atoms in total. The summed E-state index contributed by atoms with van der Waals surface area (Å²) in [6.45, 7) is 8.65. The van der Waals surface area contributed by atoms with Crippen LogP contribution in [0, 0.1) is 6.92 Å². The highest BCUT2D eigenvalue weighted by atomic mass is 16.3. The smallest absolute Gasteiger partial charge is 0.133 e. The predicted molar refractivity (Wildman–Crippen MR) is 68.5 cm³/mol. The number of aliphatic hydroxyl groups is 1. The molecule has 2 heteroatoms. The molecule has 1 unspecified atom stereocenters. The molecule has 0 aliphatic rings. The lowest BCUT2D eigenvalue weighted by atomic mass is 9.85. The van der Waals surface area contributed by atoms with Gasteiger partial charge in [-0.25, -0.2) is 0 Å². The molecule has 1 aromatic carbocycles. The maximum atomic E-state index is 10.00. The van der Waals surface area contributed by atoms with E-state index in [1.54, 1.807) is 4.90 Å². The van der Waals surface area contributed by atoms with E-state index in [0.717, 1.165) is 11.1 Å². The summed E-state index contributed by atoms with van der Waals surface area (Å²) in [5.41, 5.74) is 3.60. The zero-order valence-corrected chi connectivity index (χ0v) is 11.2. The third kappa shape index (κ3) is 2.83. The summed E-state index contributed by atoms with van der Waals surface area (Å²) in [6, 6.07) is 6.30. The van der Waals surface area contributed by atoms with Gasteiger partial charge in [-0.1, -0.05) is 39.0 Å². The van der Waals surface area contributed by atoms with E-state index in [-0.39, 0.29) is 5.41 Å². The van der Waals surface area contributed by atoms with Gasteiger partial charge in [0.1, 0.15) is 6.23 Å². The summed E-state index contributed by atoms with van der Waals surface area (Å²) in [7, 11) is 3.75. The number of rotatable bonds is 2. The summed E-state index contributed by atoms with van der Waals surface area (Å²) in [6.07, 6.45) is -0.519. The van der Waals surface area contributed by atoms with E-state index in [2.05, 4.69) is 39.8 Å². The SMILES string of the molecule is Cc1cc(C(C)(C)C)ccc1C(O)N(C)C. The van der Waals surface area contributed by atoms with Crippen LogP contribution >= 0.6 is 0 Å². The van der Waals surface area contributed by atoms with Gasteiger partial charge < -0.3 is 5.11 Å². The van der Waals surface area contributed by atoms with E-state index in [1.807, 2.05) is 20.2 Å². The average molecular weight is 221 g/mol. The van der Waals surface area contributed by atoms with Gasteiger partial charge >= 0.3 is 0 Å². The zero-order valence-electron chi connectivity index (χ0n) is 11.2. The second-order valence-corrected chi connectivity index (χ2v) is 5.66. The second-order valence-electron chi connectivity index (χ2n) is 5.66. The topological polar surface area (TPSA) is 23.5 Å². The van der Waals surface area contributed by atoms with E-state index in [1.165, 1.54) is 5.56 Å². The first kappa shape index (κ1) is 13.2. The fourth-order valence-electron chi connectivity index (χ4n) is 1.71. The Labute approximate surface area is 98.9 Å². The van der Waals surface area contributed by atoms with Crippen LogP contribution in [0.2, 0.25) is 0 Å². The third-order valence-electron chi connectivity index (χ3n) is 2.90. The fourth-order valence-corrected chi connectivity index (χ4v) is 1.71. The van der Waals surface area contributed by atoms with Crippen molar-refractivity contribution in [3.8, 4) is 0 Å². The van der Waals surface area contributed by atoms with Crippen LogP contribution in [0.4, 0.5) is 0 Å². The van der Waals surface area contributed by atoms with E-state index < -0.39 is 6.23 Å². The Morgan fingerprint density at radius 2 is 1.75 bits per heavy atom. The summed E-state index contributed by atoms with van der Waals surface area (Å²) >= 11 is 0. The molecule has 0 spiro atoms. The maximum Gasteiger partial charge on any atom is 0.133 e. The van der Waals surface area contributed by atoms with Gasteiger partial charge in [-0.2, -0.15) is 0 Å². The van der Waals surface area contributed by atoms with Gasteiger partial charge in [-0.15, -0.1) is 0 Å². The monoisotopic (exact) mass is 221 g/mol. The molecule has 1 rings (SSSR count). The Morgan fingerprint density at radius 1 is 1.19 bits per heavy atom. The van der Waals surface area contributed by atoms with Crippen LogP contribution in [-0.4, -0.2) is 24.1 Å². The van der Waals surface area contributed by atoms with E-state index in [4.69, 9.17) is 0 Å². The molecule has 0 fully saturated rings. The summed E-state index contributed by atoms with van der Waals surface area (Å²) in [5, 5.41) is 10.00. The second kappa shape index (κ2) is 4.56. The normalized spacial score (nSPS) is 14.2. The largest absolute Gasteiger partial charge is 0.374 e. The van der Waals surface area contributed by atoms with E-state index in [0.29, 0.717) is 0 Å². The van der Waals surface area contributed by atoms with Gasteiger partial charge in [0.2, 0.25) is 0 Å². The molecule has 90 valence electrons. The highest BCUT2D eigenvalue weighted by molar-refractivity contribution is 5.35. The first-order valence-electron chi connectivity index (χ1n) is 5.69. The molecule has 1 atom stereocenters. The molecule has 0 bridgehead atoms. The summed E-state index contributed by atoms with van der Waals surface area (Å²) < 4.78 is 0. The van der Waals surface area contributed by atoms with Crippen molar-refractivity contribution >= 4 is 0 Å². The van der Waals surface area contributed by atoms with E-state index in [9.17, 15) is 5.11 Å². The number of hydrogen-bond acceptors (Lipinski definition) is 2. The van der Waals surface area contributed by atoms with Crippen LogP contribution in [0.15, 0.2) is 18.2 Å². The molecule has 0 aliphatic heterocycles. The van der Waals surface area contributed by atoms with Crippen LogP contribution in [0.25, 0.3) is 0 Å². The number of aryl methyl sites for hydroxylation is 1. The van der Waals surface area contributed by atoms with Gasteiger partial charge in [0, 0.05) is 0 Å². The predicted octanol–water partition coefficient (Wildman–Crippen LogP) is 2.85. The lowest BCUT2D eigenvalue weighted by Crippen LogP contribution is -2.20. The number of nitrogens with zero attached hydrogens (tertiary/aromatic N) is 1. The fraction of sp³-hybridized carbons (Fsp3) is 0.571. The quantitative estimate of drug-likeness (QED) is 0.776. The Balaban J connectivity index is 3.10. The van der Waals surface area contributed by atoms with Crippen molar-refractivity contribution in [1.82, 2.24) is 4.90 Å². The summed E-state index contributed by atoms with van der Waals surface area (Å²) in [5.74, 6) is 0. The lowest BCUT2D eigenvalue weighted by Gasteiger charge is -2.24. The molecule has 0 amide bonds. The molecule has 0 aromatic heterocycles. The number of aliphatic hydroxyl groups excluding tert-OH is 1. The molecular weight excluding hydrogens is 198 g/mol. The first-order chi connectivity index (χ1) is 7.23. The standard InChI is InChI=1S/C14H23NO/c1-10-9-11(14(2,3)4)7-8-12(10)13(16)15(5)6/h7-9,13,16H,1-6H3. The Morgan fingerprint density at radius 3 is 2.12 bits per heavy atom. The minimum Gasteiger partial charge on any atom is -0.374 e. The lowest BCUT2D eigenvalue weighted by molar-refractivity contribution is 0.0390. The van der Waals surface area contributed by atoms with Gasteiger partial charge in [0.15, 0.2) is 0 Å². The Bertz CT molecular complexity index is 363. The summed E-state index contributed by atoms with van der Waals surface area (Å²) in [4.78, 5) is 1.80. The van der Waals surface area contributed by atoms with Gasteiger partial charge in [-0.05, 0) is 43.1 Å². The van der Waals surface area contributed by atoms with Crippen LogP contribution in [-0.2, 0) is 5.41 Å². The van der Waals surface area contributed by atoms with E-state index >= 15 is 0 Å². The van der Waals surface area contributed by atoms with Crippen molar-refractivity contribution in [1.29, 1.82) is 0 Å². The maximum absolute atomic E-state index is 10.00. The molecule has 0 aliphatic carbocycles. The highest BCUT2D eigenvalue weighted by Crippen LogP contribution is 2.27. The van der Waals surface area contributed by atoms with Gasteiger partial charge in [0.25, 0.3) is 0 Å². The highest BCUT2D eigenvalue weighted by Gasteiger charge is 2.17. The zero-order chi connectivity index (χ0) is 12.5. The molecule has 0 saturated carbocycles. The molecular formula is C14H23NO. The van der Waals surface area contributed by atoms with Crippen LogP contribution < -0.4 is 0 Å². The third-order valence-corrected chi connectivity index (χ3v) is 2.90. The van der Waals surface area contributed by atoms with Crippen molar-refractivity contribution in [2.75, 3.05) is 14.1 Å². The Hall–Kier alpha value is -0.860. The van der Waals surface area contributed by atoms with Gasteiger partial charge in [-0.3, -0.25) is 4.90 Å². The Kier molecular flexibility index (Phi) is 3.76. The van der Waals surface area contributed by atoms with Crippen molar-refractivity contribution < 1.29 is 5.11 Å². The molecule has 1 aromatic rings. The van der Waals surface area contributed by atoms with Crippen LogP contribution in [0.5, 0.6) is 0 Å². The molecule has 0 saturated heterocycles. The van der Waals surface area contributed by atoms with Crippen molar-refractivity contribution in [2.45, 2.75) is 39.3 Å². The van der Waals surface area contributed by atoms with Crippen LogP contribution in [0.3, 0.4) is 0 Å². The van der Waals surface area contributed by atoms with Crippen molar-refractivity contribution in [3.05, 3.63) is 34.9 Å². The molecule has 0 radical (unpaired) electrons. The number of benzene rings is 1. The van der Waals surface area contributed by atoms with Crippen molar-refractivity contribution in [2.24, 2.45) is 0 Å².